The molecule has 0 atom stereocenters. The topological polar surface area (TPSA) is 67.6 Å². The number of nitrogen functional groups attached to an aromatic ring is 1. The number of carbonyl (C=O) groups is 1. The zero-order valence-corrected chi connectivity index (χ0v) is 14.5. The maximum Gasteiger partial charge on any atom is 0.255 e. The molecule has 0 saturated carbocycles. The Labute approximate surface area is 143 Å². The van der Waals surface area contributed by atoms with E-state index in [1.165, 1.54) is 0 Å². The van der Waals surface area contributed by atoms with E-state index in [0.29, 0.717) is 22.7 Å². The third-order valence-electron chi connectivity index (χ3n) is 3.88. The number of carbonyl (C=O) groups excluding carboxylic acids is 1. The molecule has 0 fully saturated rings. The Hall–Kier alpha value is -2.69. The van der Waals surface area contributed by atoms with Gasteiger partial charge in [0.05, 0.1) is 18.5 Å². The van der Waals surface area contributed by atoms with E-state index >= 15 is 0 Å². The van der Waals surface area contributed by atoms with Crippen molar-refractivity contribution in [1.82, 2.24) is 0 Å². The fourth-order valence-corrected chi connectivity index (χ4v) is 2.53. The number of rotatable bonds is 7. The summed E-state index contributed by atoms with van der Waals surface area (Å²) in [6, 6.07) is 12.8. The van der Waals surface area contributed by atoms with Gasteiger partial charge < -0.3 is 20.7 Å². The van der Waals surface area contributed by atoms with Crippen molar-refractivity contribution in [2.24, 2.45) is 0 Å². The Kier molecular flexibility index (Phi) is 6.07. The predicted molar refractivity (Wildman–Crippen MR) is 100.0 cm³/mol. The van der Waals surface area contributed by atoms with Crippen LogP contribution in [0.2, 0.25) is 0 Å². The lowest BCUT2D eigenvalue weighted by Crippen LogP contribution is -2.23. The Balaban J connectivity index is 2.13. The molecule has 0 aliphatic carbocycles. The van der Waals surface area contributed by atoms with Crippen LogP contribution in [-0.4, -0.2) is 26.1 Å². The normalized spacial score (nSPS) is 10.3. The molecule has 2 aromatic rings. The van der Waals surface area contributed by atoms with Gasteiger partial charge in [-0.15, -0.1) is 0 Å². The van der Waals surface area contributed by atoms with Gasteiger partial charge in [0.15, 0.2) is 0 Å². The third-order valence-corrected chi connectivity index (χ3v) is 3.88. The summed E-state index contributed by atoms with van der Waals surface area (Å²) in [5, 5.41) is 2.83. The molecule has 5 heteroatoms. The number of amides is 1. The largest absolute Gasteiger partial charge is 0.497 e. The van der Waals surface area contributed by atoms with Crippen molar-refractivity contribution >= 4 is 23.0 Å². The van der Waals surface area contributed by atoms with E-state index in [4.69, 9.17) is 10.5 Å². The van der Waals surface area contributed by atoms with Gasteiger partial charge in [0.2, 0.25) is 0 Å². The maximum absolute atomic E-state index is 12.4. The van der Waals surface area contributed by atoms with Crippen molar-refractivity contribution in [2.75, 3.05) is 36.1 Å². The zero-order valence-electron chi connectivity index (χ0n) is 14.5. The van der Waals surface area contributed by atoms with E-state index in [-0.39, 0.29) is 5.91 Å². The van der Waals surface area contributed by atoms with Crippen molar-refractivity contribution in [3.8, 4) is 5.75 Å². The highest BCUT2D eigenvalue weighted by Crippen LogP contribution is 2.25. The molecule has 0 aliphatic heterocycles. The summed E-state index contributed by atoms with van der Waals surface area (Å²) >= 11 is 0. The molecule has 128 valence electrons. The monoisotopic (exact) mass is 327 g/mol. The van der Waals surface area contributed by atoms with E-state index in [0.717, 1.165) is 25.2 Å². The minimum Gasteiger partial charge on any atom is -0.497 e. The molecule has 5 nitrogen and oxygen atoms in total. The van der Waals surface area contributed by atoms with Gasteiger partial charge >= 0.3 is 0 Å². The lowest BCUT2D eigenvalue weighted by molar-refractivity contribution is 0.102. The smallest absolute Gasteiger partial charge is 0.255 e. The second-order valence-corrected chi connectivity index (χ2v) is 5.53. The summed E-state index contributed by atoms with van der Waals surface area (Å²) in [7, 11) is 1.58. The van der Waals surface area contributed by atoms with Crippen LogP contribution in [0.5, 0.6) is 5.75 Å². The fraction of sp³-hybridized carbons (Fsp3) is 0.316. The van der Waals surface area contributed by atoms with Gasteiger partial charge in [0.25, 0.3) is 5.91 Å². The second kappa shape index (κ2) is 8.24. The summed E-state index contributed by atoms with van der Waals surface area (Å²) in [6.45, 7) is 6.23. The number of benzene rings is 2. The van der Waals surface area contributed by atoms with Gasteiger partial charge in [-0.05, 0) is 49.7 Å². The highest BCUT2D eigenvalue weighted by molar-refractivity contribution is 6.06. The molecule has 0 saturated heterocycles. The van der Waals surface area contributed by atoms with Crippen LogP contribution in [0.4, 0.5) is 17.1 Å². The van der Waals surface area contributed by atoms with E-state index in [9.17, 15) is 4.79 Å². The van der Waals surface area contributed by atoms with Crippen LogP contribution in [-0.2, 0) is 0 Å². The van der Waals surface area contributed by atoms with Crippen LogP contribution in [0.1, 0.15) is 30.6 Å². The first-order valence-electron chi connectivity index (χ1n) is 8.18. The number of methoxy groups -OCH3 is 1. The molecule has 0 radical (unpaired) electrons. The molecule has 2 rings (SSSR count). The SMILES string of the molecule is CCCN(CC)c1ccc(C(=O)Nc2cc(OC)ccc2N)cc1. The van der Waals surface area contributed by atoms with Gasteiger partial charge in [-0.1, -0.05) is 6.92 Å². The van der Waals surface area contributed by atoms with Crippen molar-refractivity contribution in [3.05, 3.63) is 48.0 Å². The molecule has 0 aromatic heterocycles. The summed E-state index contributed by atoms with van der Waals surface area (Å²) in [5.41, 5.74) is 8.67. The molecule has 2 aromatic carbocycles. The molecular weight excluding hydrogens is 302 g/mol. The first-order valence-corrected chi connectivity index (χ1v) is 8.18. The predicted octanol–water partition coefficient (Wildman–Crippen LogP) is 3.77. The second-order valence-electron chi connectivity index (χ2n) is 5.53. The first-order chi connectivity index (χ1) is 11.6. The number of nitrogens with one attached hydrogen (secondary N) is 1. The van der Waals surface area contributed by atoms with Crippen LogP contribution >= 0.6 is 0 Å². The standard InChI is InChI=1S/C19H25N3O2/c1-4-12-22(5-2)15-8-6-14(7-9-15)19(23)21-18-13-16(24-3)10-11-17(18)20/h6-11,13H,4-5,12,20H2,1-3H3,(H,21,23). The molecule has 0 heterocycles. The molecule has 24 heavy (non-hydrogen) atoms. The van der Waals surface area contributed by atoms with E-state index in [1.54, 1.807) is 25.3 Å². The summed E-state index contributed by atoms with van der Waals surface area (Å²) < 4.78 is 5.16. The molecule has 0 spiro atoms. The molecular formula is C19H25N3O2. The Morgan fingerprint density at radius 1 is 1.17 bits per heavy atom. The average molecular weight is 327 g/mol. The molecule has 0 bridgehead atoms. The number of ether oxygens (including phenoxy) is 1. The van der Waals surface area contributed by atoms with E-state index in [1.807, 2.05) is 24.3 Å². The van der Waals surface area contributed by atoms with Crippen molar-refractivity contribution in [1.29, 1.82) is 0 Å². The van der Waals surface area contributed by atoms with Crippen molar-refractivity contribution < 1.29 is 9.53 Å². The molecule has 1 amide bonds. The Morgan fingerprint density at radius 3 is 2.46 bits per heavy atom. The average Bonchev–Trinajstić information content (AvgIpc) is 2.61. The van der Waals surface area contributed by atoms with Gasteiger partial charge in [0.1, 0.15) is 5.75 Å². The van der Waals surface area contributed by atoms with E-state index in [2.05, 4.69) is 24.1 Å². The van der Waals surface area contributed by atoms with Gasteiger partial charge in [-0.25, -0.2) is 0 Å². The fourth-order valence-electron chi connectivity index (χ4n) is 2.53. The van der Waals surface area contributed by atoms with Gasteiger partial charge in [-0.3, -0.25) is 4.79 Å². The zero-order chi connectivity index (χ0) is 17.5. The van der Waals surface area contributed by atoms with Crippen LogP contribution in [0, 0.1) is 0 Å². The van der Waals surface area contributed by atoms with E-state index < -0.39 is 0 Å². The van der Waals surface area contributed by atoms with Crippen LogP contribution in [0.25, 0.3) is 0 Å². The highest BCUT2D eigenvalue weighted by Gasteiger charge is 2.10. The van der Waals surface area contributed by atoms with Crippen molar-refractivity contribution in [3.63, 3.8) is 0 Å². The number of hydrogen-bond donors (Lipinski definition) is 2. The minimum atomic E-state index is -0.194. The van der Waals surface area contributed by atoms with Crippen molar-refractivity contribution in [2.45, 2.75) is 20.3 Å². The van der Waals surface area contributed by atoms with Crippen LogP contribution < -0.4 is 20.7 Å². The number of anilines is 3. The lowest BCUT2D eigenvalue weighted by Gasteiger charge is -2.22. The van der Waals surface area contributed by atoms with Crippen LogP contribution in [0.3, 0.4) is 0 Å². The Bertz CT molecular complexity index is 684. The number of nitrogens with two attached hydrogens (primary N) is 1. The summed E-state index contributed by atoms with van der Waals surface area (Å²) in [6.07, 6.45) is 1.09. The number of hydrogen-bond acceptors (Lipinski definition) is 4. The van der Waals surface area contributed by atoms with Crippen LogP contribution in [0.15, 0.2) is 42.5 Å². The number of nitrogens with zero attached hydrogens (tertiary/aromatic N) is 1. The maximum atomic E-state index is 12.4. The minimum absolute atomic E-state index is 0.194. The summed E-state index contributed by atoms with van der Waals surface area (Å²) in [4.78, 5) is 14.7. The quantitative estimate of drug-likeness (QED) is 0.760. The van der Waals surface area contributed by atoms with Gasteiger partial charge in [-0.2, -0.15) is 0 Å². The summed E-state index contributed by atoms with van der Waals surface area (Å²) in [5.74, 6) is 0.452. The lowest BCUT2D eigenvalue weighted by atomic mass is 10.1. The highest BCUT2D eigenvalue weighted by atomic mass is 16.5. The third kappa shape index (κ3) is 4.19. The van der Waals surface area contributed by atoms with Gasteiger partial charge in [0, 0.05) is 30.4 Å². The molecule has 3 N–H and O–H groups in total. The Morgan fingerprint density at radius 2 is 1.88 bits per heavy atom. The first kappa shape index (κ1) is 17.7. The molecule has 0 aliphatic rings. The molecule has 0 unspecified atom stereocenters.